The Morgan fingerprint density at radius 1 is 0.983 bits per heavy atom. The molecule has 2 saturated carbocycles. The van der Waals surface area contributed by atoms with E-state index in [0.29, 0.717) is 5.75 Å². The quantitative estimate of drug-likeness (QED) is 0.142. The van der Waals surface area contributed by atoms with Crippen molar-refractivity contribution in [3.05, 3.63) is 71.2 Å². The van der Waals surface area contributed by atoms with E-state index in [1.165, 1.54) is 44.4 Å². The minimum absolute atomic E-state index is 0.00846. The Bertz CT molecular complexity index is 2030. The van der Waals surface area contributed by atoms with Gasteiger partial charge in [0.25, 0.3) is 5.24 Å². The van der Waals surface area contributed by atoms with Gasteiger partial charge in [0, 0.05) is 37.9 Å². The van der Waals surface area contributed by atoms with Crippen LogP contribution in [0, 0.1) is 22.7 Å². The van der Waals surface area contributed by atoms with Crippen molar-refractivity contribution in [3.8, 4) is 0 Å². The van der Waals surface area contributed by atoms with Crippen molar-refractivity contribution in [1.29, 1.82) is 0 Å². The number of ketones is 1. The van der Waals surface area contributed by atoms with Crippen LogP contribution in [0.15, 0.2) is 64.3 Å². The fraction of sp³-hybridized carbons (Fsp3) is 0.581. The molecule has 6 rings (SSSR count). The van der Waals surface area contributed by atoms with E-state index in [1.807, 2.05) is 13.8 Å². The van der Waals surface area contributed by atoms with Gasteiger partial charge in [-0.1, -0.05) is 57.7 Å². The largest absolute Gasteiger partial charge is 0.467 e. The first-order chi connectivity index (χ1) is 28.1. The van der Waals surface area contributed by atoms with Crippen LogP contribution in [0.4, 0.5) is 4.79 Å². The summed E-state index contributed by atoms with van der Waals surface area (Å²) in [5.74, 6) is -5.64. The number of Topliss-reactive ketones (excluding diaryl/α,β-unsaturated/α-hetero) is 1. The van der Waals surface area contributed by atoms with E-state index in [2.05, 4.69) is 5.32 Å². The van der Waals surface area contributed by atoms with Crippen molar-refractivity contribution in [2.24, 2.45) is 22.7 Å². The summed E-state index contributed by atoms with van der Waals surface area (Å²) in [5, 5.41) is 39.3. The van der Waals surface area contributed by atoms with E-state index in [-0.39, 0.29) is 41.4 Å². The first kappa shape index (κ1) is 45.0. The Morgan fingerprint density at radius 2 is 1.67 bits per heavy atom. The third kappa shape index (κ3) is 7.67. The standard InChI is InChI=1S/C43H53NO15S/c1-21(2)19-60-39(52)44-31(26-15-12-16-54-26)32(48)38(51)57-27-18-43(53)36(58-37(50)25-13-10-9-11-14-25)34-41(8,28(47)17-29-42(34,20-55-29)59-24(5)46)35(49)33(56-23(4)45)30(22(27)3)40(43,6)7/h9-16,21,27-29,31-34,36,47-48,53H,17-20H2,1-8H3,(H,44,52)/t27-,28-,29?,31-,32+,33+,34-,36-,41+,42-,43?/m0/s1. The number of fused-ring (bicyclic) bond motifs is 5. The fourth-order valence-corrected chi connectivity index (χ4v) is 10.2. The van der Waals surface area contributed by atoms with Gasteiger partial charge in [0.15, 0.2) is 23.6 Å². The average molecular weight is 856 g/mol. The summed E-state index contributed by atoms with van der Waals surface area (Å²) in [7, 11) is 0. The van der Waals surface area contributed by atoms with Crippen molar-refractivity contribution in [2.45, 2.75) is 122 Å². The Kier molecular flexibility index (Phi) is 12.5. The zero-order chi connectivity index (χ0) is 44.1. The molecule has 4 N–H and O–H groups in total. The fourth-order valence-electron chi connectivity index (χ4n) is 9.55. The zero-order valence-electron chi connectivity index (χ0n) is 34.8. The molecule has 17 heteroatoms. The minimum atomic E-state index is -2.39. The summed E-state index contributed by atoms with van der Waals surface area (Å²) in [4.78, 5) is 82.6. The lowest BCUT2D eigenvalue weighted by Crippen LogP contribution is -2.82. The molecule has 1 aromatic heterocycles. The zero-order valence-corrected chi connectivity index (χ0v) is 35.6. The van der Waals surface area contributed by atoms with E-state index in [4.69, 9.17) is 28.1 Å². The normalized spacial score (nSPS) is 32.8. The second-order valence-electron chi connectivity index (χ2n) is 17.3. The van der Waals surface area contributed by atoms with Crippen molar-refractivity contribution in [1.82, 2.24) is 5.32 Å². The molecule has 0 radical (unpaired) electrons. The first-order valence-corrected chi connectivity index (χ1v) is 20.8. The third-order valence-electron chi connectivity index (χ3n) is 12.7. The molecule has 16 nitrogen and oxygen atoms in total. The molecule has 0 spiro atoms. The topological polar surface area (TPSA) is 234 Å². The van der Waals surface area contributed by atoms with Crippen molar-refractivity contribution >= 4 is 46.7 Å². The van der Waals surface area contributed by atoms with Crippen LogP contribution in [0.2, 0.25) is 0 Å². The summed E-state index contributed by atoms with van der Waals surface area (Å²) in [6, 6.07) is 9.37. The highest BCUT2D eigenvalue weighted by molar-refractivity contribution is 8.13. The van der Waals surface area contributed by atoms with E-state index >= 15 is 4.79 Å². The van der Waals surface area contributed by atoms with Gasteiger partial charge in [0.2, 0.25) is 0 Å². The number of esters is 4. The number of hydrogen-bond acceptors (Lipinski definition) is 16. The van der Waals surface area contributed by atoms with Crippen LogP contribution in [-0.4, -0.2) is 110 Å². The van der Waals surface area contributed by atoms with Gasteiger partial charge in [-0.15, -0.1) is 0 Å². The van der Waals surface area contributed by atoms with E-state index in [1.54, 1.807) is 32.0 Å². The Morgan fingerprint density at radius 3 is 2.23 bits per heavy atom. The van der Waals surface area contributed by atoms with Crippen LogP contribution >= 0.6 is 11.8 Å². The number of benzene rings is 1. The predicted molar refractivity (Wildman–Crippen MR) is 212 cm³/mol. The van der Waals surface area contributed by atoms with Gasteiger partial charge >= 0.3 is 23.9 Å². The van der Waals surface area contributed by atoms with Gasteiger partial charge in [-0.25, -0.2) is 9.59 Å². The second-order valence-corrected chi connectivity index (χ2v) is 18.2. The van der Waals surface area contributed by atoms with Crippen molar-refractivity contribution in [2.75, 3.05) is 12.4 Å². The molecule has 3 aliphatic carbocycles. The molecule has 60 heavy (non-hydrogen) atoms. The Labute approximate surface area is 351 Å². The molecule has 2 bridgehead atoms. The summed E-state index contributed by atoms with van der Waals surface area (Å²) < 4.78 is 35.6. The molecule has 1 amide bonds. The smallest absolute Gasteiger partial charge is 0.338 e. The average Bonchev–Trinajstić information content (AvgIpc) is 3.72. The Hall–Kier alpha value is -4.55. The van der Waals surface area contributed by atoms with Crippen LogP contribution in [0.1, 0.15) is 90.4 Å². The van der Waals surface area contributed by atoms with Gasteiger partial charge in [0.1, 0.15) is 35.7 Å². The lowest BCUT2D eigenvalue weighted by Gasteiger charge is -2.67. The molecule has 2 aromatic rings. The molecule has 326 valence electrons. The van der Waals surface area contributed by atoms with E-state index in [9.17, 15) is 39.3 Å². The van der Waals surface area contributed by atoms with Crippen LogP contribution < -0.4 is 5.32 Å². The highest BCUT2D eigenvalue weighted by Crippen LogP contribution is 2.64. The molecule has 2 unspecified atom stereocenters. The summed E-state index contributed by atoms with van der Waals surface area (Å²) >= 11 is 0.947. The number of carbonyl (C=O) groups is 6. The van der Waals surface area contributed by atoms with E-state index in [0.717, 1.165) is 25.6 Å². The summed E-state index contributed by atoms with van der Waals surface area (Å²) in [6.45, 7) is 11.8. The van der Waals surface area contributed by atoms with Crippen LogP contribution in [-0.2, 0) is 42.9 Å². The monoisotopic (exact) mass is 855 g/mol. The second kappa shape index (κ2) is 16.7. The molecular weight excluding hydrogens is 803 g/mol. The molecule has 3 fully saturated rings. The van der Waals surface area contributed by atoms with Crippen LogP contribution in [0.5, 0.6) is 0 Å². The highest BCUT2D eigenvalue weighted by atomic mass is 32.2. The number of nitrogens with one attached hydrogen (secondary N) is 1. The molecular formula is C43H53NO15S. The van der Waals surface area contributed by atoms with E-state index < -0.39 is 112 Å². The summed E-state index contributed by atoms with van der Waals surface area (Å²) in [5.41, 5.74) is -7.65. The van der Waals surface area contributed by atoms with Gasteiger partial charge in [0.05, 0.1) is 35.9 Å². The number of hydrogen-bond donors (Lipinski definition) is 4. The van der Waals surface area contributed by atoms with Gasteiger partial charge in [-0.3, -0.25) is 19.2 Å². The minimum Gasteiger partial charge on any atom is -0.467 e. The number of aliphatic hydroxyl groups excluding tert-OH is 2. The van der Waals surface area contributed by atoms with Gasteiger partial charge in [-0.2, -0.15) is 0 Å². The Balaban J connectivity index is 1.52. The third-order valence-corrected chi connectivity index (χ3v) is 13.9. The maximum atomic E-state index is 15.4. The number of aliphatic hydroxyl groups is 3. The molecule has 11 atom stereocenters. The molecule has 2 heterocycles. The lowest BCUT2D eigenvalue weighted by atomic mass is 9.44. The predicted octanol–water partition coefficient (Wildman–Crippen LogP) is 4.00. The molecule has 1 saturated heterocycles. The molecule has 4 aliphatic rings. The number of thioether (sulfide) groups is 1. The first-order valence-electron chi connectivity index (χ1n) is 19.9. The lowest BCUT2D eigenvalue weighted by molar-refractivity contribution is -0.346. The number of rotatable bonds is 11. The van der Waals surface area contributed by atoms with Gasteiger partial charge in [-0.05, 0) is 55.2 Å². The maximum Gasteiger partial charge on any atom is 0.338 e. The molecule has 1 aromatic carbocycles. The van der Waals surface area contributed by atoms with Crippen molar-refractivity contribution in [3.63, 3.8) is 0 Å². The number of amides is 1. The van der Waals surface area contributed by atoms with Gasteiger partial charge < -0.3 is 48.7 Å². The summed E-state index contributed by atoms with van der Waals surface area (Å²) in [6.07, 6.45) is -9.25. The SMILES string of the molecule is CC(=O)O[C@H]1C(=O)[C@]2(C)[C@@H](O)CC3OC[C@@]3(OC(C)=O)[C@H]2[C@H](OC(=O)c2ccccc2)C2(O)C[C@H](OC(=O)[C@H](O)[C@@H](NC(=O)SCC(C)C)c3ccco3)C(C)=C1C2(C)C. The molecule has 1 aliphatic heterocycles. The number of ether oxygens (including phenoxy) is 5. The highest BCUT2D eigenvalue weighted by Gasteiger charge is 2.78. The number of carbonyl (C=O) groups excluding carboxylic acids is 6. The maximum absolute atomic E-state index is 15.4. The van der Waals surface area contributed by atoms with Crippen LogP contribution in [0.25, 0.3) is 0 Å². The number of furan rings is 1. The van der Waals surface area contributed by atoms with Crippen molar-refractivity contribution < 1.29 is 72.2 Å². The van der Waals surface area contributed by atoms with Crippen LogP contribution in [0.3, 0.4) is 0 Å².